The van der Waals surface area contributed by atoms with Crippen molar-refractivity contribution >= 4 is 23.1 Å². The lowest BCUT2D eigenvalue weighted by atomic mass is 10.1. The Kier molecular flexibility index (Phi) is 4.09. The monoisotopic (exact) mass is 305 g/mol. The lowest BCUT2D eigenvalue weighted by molar-refractivity contribution is -0.386. The SMILES string of the molecule is Cc1cccc(Oc2ccc(Cl)cc2C(=N)N)c1[N+](=O)[O-]. The van der Waals surface area contributed by atoms with Gasteiger partial charge in [0.05, 0.1) is 10.5 Å². The highest BCUT2D eigenvalue weighted by Gasteiger charge is 2.20. The summed E-state index contributed by atoms with van der Waals surface area (Å²) in [6.07, 6.45) is 0. The van der Waals surface area contributed by atoms with Crippen molar-refractivity contribution in [1.82, 2.24) is 0 Å². The number of nitrogens with zero attached hydrogens (tertiary/aromatic N) is 1. The number of nitro groups is 1. The molecule has 0 atom stereocenters. The lowest BCUT2D eigenvalue weighted by Crippen LogP contribution is -2.12. The third-order valence-electron chi connectivity index (χ3n) is 2.84. The highest BCUT2D eigenvalue weighted by atomic mass is 35.5. The van der Waals surface area contributed by atoms with Crippen LogP contribution < -0.4 is 10.5 Å². The topological polar surface area (TPSA) is 102 Å². The van der Waals surface area contributed by atoms with Gasteiger partial charge in [-0.2, -0.15) is 0 Å². The largest absolute Gasteiger partial charge is 0.449 e. The number of hydrogen-bond acceptors (Lipinski definition) is 4. The molecule has 0 aliphatic heterocycles. The number of para-hydroxylation sites is 1. The zero-order chi connectivity index (χ0) is 15.6. The number of halogens is 1. The number of ether oxygens (including phenoxy) is 1. The summed E-state index contributed by atoms with van der Waals surface area (Å²) in [5.41, 5.74) is 6.11. The van der Waals surface area contributed by atoms with Gasteiger partial charge in [-0.25, -0.2) is 0 Å². The Morgan fingerprint density at radius 1 is 1.33 bits per heavy atom. The average molecular weight is 306 g/mol. The van der Waals surface area contributed by atoms with Gasteiger partial charge in [-0.15, -0.1) is 0 Å². The van der Waals surface area contributed by atoms with E-state index < -0.39 is 4.92 Å². The summed E-state index contributed by atoms with van der Waals surface area (Å²) in [6.45, 7) is 1.62. The summed E-state index contributed by atoms with van der Waals surface area (Å²) in [5, 5.41) is 19.1. The van der Waals surface area contributed by atoms with Gasteiger partial charge in [0.2, 0.25) is 5.75 Å². The van der Waals surface area contributed by atoms with Gasteiger partial charge in [0.1, 0.15) is 11.6 Å². The van der Waals surface area contributed by atoms with Gasteiger partial charge in [-0.3, -0.25) is 15.5 Å². The van der Waals surface area contributed by atoms with Gasteiger partial charge in [0, 0.05) is 10.6 Å². The molecule has 2 aromatic carbocycles. The molecule has 0 fully saturated rings. The van der Waals surface area contributed by atoms with E-state index in [0.29, 0.717) is 10.6 Å². The average Bonchev–Trinajstić information content (AvgIpc) is 2.40. The standard InChI is InChI=1S/C14H12ClN3O3/c1-8-3-2-4-12(13(8)18(19)20)21-11-6-5-9(15)7-10(11)14(16)17/h2-7H,1H3,(H3,16,17). The van der Waals surface area contributed by atoms with E-state index in [2.05, 4.69) is 0 Å². The molecule has 0 aliphatic carbocycles. The summed E-state index contributed by atoms with van der Waals surface area (Å²) >= 11 is 5.85. The van der Waals surface area contributed by atoms with Crippen LogP contribution in [0.3, 0.4) is 0 Å². The minimum atomic E-state index is -0.506. The Morgan fingerprint density at radius 3 is 2.67 bits per heavy atom. The first-order valence-corrected chi connectivity index (χ1v) is 6.33. The molecule has 0 aliphatic rings. The molecule has 2 aromatic rings. The number of nitrogen functional groups attached to an aromatic ring is 1. The minimum Gasteiger partial charge on any atom is -0.449 e. The molecule has 6 nitrogen and oxygen atoms in total. The van der Waals surface area contributed by atoms with E-state index in [4.69, 9.17) is 27.5 Å². The fourth-order valence-electron chi connectivity index (χ4n) is 1.87. The molecule has 0 radical (unpaired) electrons. The van der Waals surface area contributed by atoms with E-state index in [1.165, 1.54) is 18.2 Å². The van der Waals surface area contributed by atoms with Crippen LogP contribution in [0.5, 0.6) is 11.5 Å². The molecule has 108 valence electrons. The third-order valence-corrected chi connectivity index (χ3v) is 3.07. The molecule has 21 heavy (non-hydrogen) atoms. The van der Waals surface area contributed by atoms with Crippen LogP contribution in [0.4, 0.5) is 5.69 Å². The minimum absolute atomic E-state index is 0.0878. The molecule has 0 aromatic heterocycles. The normalized spacial score (nSPS) is 10.2. The predicted molar refractivity (Wildman–Crippen MR) is 80.4 cm³/mol. The quantitative estimate of drug-likeness (QED) is 0.389. The van der Waals surface area contributed by atoms with Crippen LogP contribution in [0.25, 0.3) is 0 Å². The Bertz CT molecular complexity index is 731. The van der Waals surface area contributed by atoms with E-state index in [1.807, 2.05) is 0 Å². The fraction of sp³-hybridized carbons (Fsp3) is 0.0714. The van der Waals surface area contributed by atoms with Gasteiger partial charge in [0.15, 0.2) is 0 Å². The van der Waals surface area contributed by atoms with E-state index in [9.17, 15) is 10.1 Å². The van der Waals surface area contributed by atoms with E-state index >= 15 is 0 Å². The van der Waals surface area contributed by atoms with Crippen molar-refractivity contribution in [2.75, 3.05) is 0 Å². The van der Waals surface area contributed by atoms with Crippen LogP contribution >= 0.6 is 11.6 Å². The Hall–Kier alpha value is -2.60. The predicted octanol–water partition coefficient (Wildman–Crippen LogP) is 3.63. The number of hydrogen-bond donors (Lipinski definition) is 2. The van der Waals surface area contributed by atoms with Gasteiger partial charge in [0.25, 0.3) is 0 Å². The van der Waals surface area contributed by atoms with Gasteiger partial charge < -0.3 is 10.5 Å². The second kappa shape index (κ2) is 5.80. The molecule has 0 bridgehead atoms. The summed E-state index contributed by atoms with van der Waals surface area (Å²) in [5.74, 6) is 0.0910. The van der Waals surface area contributed by atoms with Crippen molar-refractivity contribution in [3.8, 4) is 11.5 Å². The number of nitrogens with two attached hydrogens (primary N) is 1. The second-order valence-electron chi connectivity index (χ2n) is 4.33. The van der Waals surface area contributed by atoms with Crippen molar-refractivity contribution < 1.29 is 9.66 Å². The molecule has 0 amide bonds. The van der Waals surface area contributed by atoms with E-state index in [-0.39, 0.29) is 28.6 Å². The molecule has 0 heterocycles. The van der Waals surface area contributed by atoms with Gasteiger partial charge in [-0.1, -0.05) is 23.7 Å². The molecular weight excluding hydrogens is 294 g/mol. The molecule has 0 saturated carbocycles. The molecule has 0 unspecified atom stereocenters. The Labute approximate surface area is 125 Å². The number of nitro benzene ring substituents is 1. The van der Waals surface area contributed by atoms with Gasteiger partial charge in [-0.05, 0) is 31.2 Å². The van der Waals surface area contributed by atoms with Crippen LogP contribution in [0.1, 0.15) is 11.1 Å². The maximum atomic E-state index is 11.1. The number of amidine groups is 1. The Balaban J connectivity index is 2.51. The van der Waals surface area contributed by atoms with Crippen molar-refractivity contribution in [1.29, 1.82) is 5.41 Å². The van der Waals surface area contributed by atoms with Gasteiger partial charge >= 0.3 is 5.69 Å². The molecule has 2 rings (SSSR count). The van der Waals surface area contributed by atoms with Crippen LogP contribution in [0.2, 0.25) is 5.02 Å². The number of aryl methyl sites for hydroxylation is 1. The number of rotatable bonds is 4. The first kappa shape index (κ1) is 14.8. The van der Waals surface area contributed by atoms with Crippen LogP contribution in [-0.4, -0.2) is 10.8 Å². The van der Waals surface area contributed by atoms with E-state index in [1.54, 1.807) is 25.1 Å². The van der Waals surface area contributed by atoms with Crippen molar-refractivity contribution in [3.63, 3.8) is 0 Å². The highest BCUT2D eigenvalue weighted by Crippen LogP contribution is 2.35. The summed E-state index contributed by atoms with van der Waals surface area (Å²) in [4.78, 5) is 10.6. The first-order chi connectivity index (χ1) is 9.90. The van der Waals surface area contributed by atoms with Crippen LogP contribution in [-0.2, 0) is 0 Å². The Morgan fingerprint density at radius 2 is 2.05 bits per heavy atom. The third kappa shape index (κ3) is 3.11. The second-order valence-corrected chi connectivity index (χ2v) is 4.77. The zero-order valence-electron chi connectivity index (χ0n) is 11.1. The first-order valence-electron chi connectivity index (χ1n) is 5.96. The fourth-order valence-corrected chi connectivity index (χ4v) is 2.04. The van der Waals surface area contributed by atoms with Crippen LogP contribution in [0, 0.1) is 22.4 Å². The van der Waals surface area contributed by atoms with Crippen molar-refractivity contribution in [2.45, 2.75) is 6.92 Å². The summed E-state index contributed by atoms with van der Waals surface area (Å²) < 4.78 is 5.58. The molecule has 7 heteroatoms. The summed E-state index contributed by atoms with van der Waals surface area (Å²) in [7, 11) is 0. The van der Waals surface area contributed by atoms with E-state index in [0.717, 1.165) is 0 Å². The summed E-state index contributed by atoms with van der Waals surface area (Å²) in [6, 6.07) is 9.32. The van der Waals surface area contributed by atoms with Crippen molar-refractivity contribution in [3.05, 3.63) is 62.7 Å². The zero-order valence-corrected chi connectivity index (χ0v) is 11.8. The smallest absolute Gasteiger partial charge is 0.314 e. The number of benzene rings is 2. The molecule has 0 spiro atoms. The molecular formula is C14H12ClN3O3. The molecule has 0 saturated heterocycles. The number of nitrogens with one attached hydrogen (secondary N) is 1. The maximum Gasteiger partial charge on any atom is 0.314 e. The van der Waals surface area contributed by atoms with Crippen LogP contribution in [0.15, 0.2) is 36.4 Å². The highest BCUT2D eigenvalue weighted by molar-refractivity contribution is 6.31. The molecule has 3 N–H and O–H groups in total. The van der Waals surface area contributed by atoms with Crippen molar-refractivity contribution in [2.24, 2.45) is 5.73 Å². The lowest BCUT2D eigenvalue weighted by Gasteiger charge is -2.11. The maximum absolute atomic E-state index is 11.1.